The van der Waals surface area contributed by atoms with Gasteiger partial charge in [0.15, 0.2) is 0 Å². The van der Waals surface area contributed by atoms with Crippen LogP contribution in [0.15, 0.2) is 30.3 Å². The molecule has 3 nitrogen and oxygen atoms in total. The van der Waals surface area contributed by atoms with E-state index in [-0.39, 0.29) is 12.6 Å². The largest absolute Gasteiger partial charge is 0.395 e. The number of benzene rings is 1. The van der Waals surface area contributed by atoms with Gasteiger partial charge in [-0.3, -0.25) is 0 Å². The Morgan fingerprint density at radius 1 is 1.37 bits per heavy atom. The molecule has 1 aromatic carbocycles. The summed E-state index contributed by atoms with van der Waals surface area (Å²) in [6.45, 7) is 3.63. The fraction of sp³-hybridized carbons (Fsp3) is 0.625. The van der Waals surface area contributed by atoms with Crippen molar-refractivity contribution < 1.29 is 5.11 Å². The van der Waals surface area contributed by atoms with Gasteiger partial charge in [-0.2, -0.15) is 0 Å². The van der Waals surface area contributed by atoms with Gasteiger partial charge < -0.3 is 15.3 Å². The maximum Gasteiger partial charge on any atom is 0.0587 e. The molecule has 19 heavy (non-hydrogen) atoms. The van der Waals surface area contributed by atoms with Crippen molar-refractivity contribution in [1.29, 1.82) is 0 Å². The summed E-state index contributed by atoms with van der Waals surface area (Å²) < 4.78 is 0. The number of hydrogen-bond donors (Lipinski definition) is 2. The van der Waals surface area contributed by atoms with Crippen LogP contribution in [0.3, 0.4) is 0 Å². The molecule has 0 amide bonds. The molecular weight excluding hydrogens is 236 g/mol. The van der Waals surface area contributed by atoms with Gasteiger partial charge in [-0.1, -0.05) is 30.3 Å². The molecule has 1 aliphatic heterocycles. The molecule has 2 atom stereocenters. The molecule has 0 aromatic heterocycles. The van der Waals surface area contributed by atoms with Crippen LogP contribution in [0, 0.1) is 5.92 Å². The van der Waals surface area contributed by atoms with E-state index < -0.39 is 0 Å². The van der Waals surface area contributed by atoms with Gasteiger partial charge in [0.25, 0.3) is 0 Å². The van der Waals surface area contributed by atoms with Crippen LogP contribution in [0.4, 0.5) is 0 Å². The molecule has 1 heterocycles. The van der Waals surface area contributed by atoms with Crippen LogP contribution in [-0.2, 0) is 6.42 Å². The Labute approximate surface area is 116 Å². The van der Waals surface area contributed by atoms with E-state index in [0.29, 0.717) is 0 Å². The first-order chi connectivity index (χ1) is 9.28. The molecule has 1 fully saturated rings. The van der Waals surface area contributed by atoms with Crippen molar-refractivity contribution in [2.24, 2.45) is 5.92 Å². The number of hydrogen-bond acceptors (Lipinski definition) is 3. The first-order valence-corrected chi connectivity index (χ1v) is 7.34. The highest BCUT2D eigenvalue weighted by molar-refractivity contribution is 5.15. The molecule has 2 N–H and O–H groups in total. The highest BCUT2D eigenvalue weighted by Crippen LogP contribution is 2.14. The molecular formula is C16H26N2O. The number of piperidine rings is 1. The van der Waals surface area contributed by atoms with Gasteiger partial charge in [-0.25, -0.2) is 0 Å². The summed E-state index contributed by atoms with van der Waals surface area (Å²) >= 11 is 0. The predicted octanol–water partition coefficient (Wildman–Crippen LogP) is 1.52. The molecule has 2 rings (SSSR count). The number of aliphatic hydroxyl groups is 1. The molecule has 0 bridgehead atoms. The standard InChI is InChI=1S/C16H26N2O/c1-18-9-5-8-15(12-18)11-17-16(13-19)10-14-6-3-2-4-7-14/h2-4,6-7,15-17,19H,5,8-13H2,1H3. The fourth-order valence-electron chi connectivity index (χ4n) is 2.87. The maximum atomic E-state index is 9.50. The van der Waals surface area contributed by atoms with Gasteiger partial charge in [0.1, 0.15) is 0 Å². The number of nitrogens with one attached hydrogen (secondary N) is 1. The molecule has 0 spiro atoms. The van der Waals surface area contributed by atoms with Crippen LogP contribution in [0.1, 0.15) is 18.4 Å². The number of aliphatic hydroxyl groups excluding tert-OH is 1. The summed E-state index contributed by atoms with van der Waals surface area (Å²) in [4.78, 5) is 2.40. The lowest BCUT2D eigenvalue weighted by molar-refractivity contribution is 0.189. The van der Waals surface area contributed by atoms with Gasteiger partial charge in [-0.05, 0) is 50.9 Å². The Balaban J connectivity index is 1.76. The predicted molar refractivity (Wildman–Crippen MR) is 79.2 cm³/mol. The molecule has 0 radical (unpaired) electrons. The summed E-state index contributed by atoms with van der Waals surface area (Å²) in [6.07, 6.45) is 3.51. The van der Waals surface area contributed by atoms with E-state index in [0.717, 1.165) is 18.9 Å². The summed E-state index contributed by atoms with van der Waals surface area (Å²) in [5, 5.41) is 13.0. The van der Waals surface area contributed by atoms with E-state index >= 15 is 0 Å². The van der Waals surface area contributed by atoms with Crippen molar-refractivity contribution in [3.05, 3.63) is 35.9 Å². The van der Waals surface area contributed by atoms with Crippen LogP contribution in [0.25, 0.3) is 0 Å². The topological polar surface area (TPSA) is 35.5 Å². The molecule has 2 unspecified atom stereocenters. The van der Waals surface area contributed by atoms with Crippen LogP contribution in [0.5, 0.6) is 0 Å². The minimum atomic E-state index is 0.176. The zero-order valence-corrected chi connectivity index (χ0v) is 11.9. The lowest BCUT2D eigenvalue weighted by Gasteiger charge is -2.31. The highest BCUT2D eigenvalue weighted by Gasteiger charge is 2.18. The zero-order chi connectivity index (χ0) is 13.5. The van der Waals surface area contributed by atoms with Crippen molar-refractivity contribution in [2.75, 3.05) is 33.3 Å². The van der Waals surface area contributed by atoms with Crippen molar-refractivity contribution in [2.45, 2.75) is 25.3 Å². The lowest BCUT2D eigenvalue weighted by atomic mass is 9.97. The zero-order valence-electron chi connectivity index (χ0n) is 11.9. The minimum Gasteiger partial charge on any atom is -0.395 e. The molecule has 106 valence electrons. The van der Waals surface area contributed by atoms with Gasteiger partial charge in [0.05, 0.1) is 6.61 Å². The van der Waals surface area contributed by atoms with Crippen molar-refractivity contribution in [3.63, 3.8) is 0 Å². The molecule has 1 aliphatic rings. The molecule has 0 saturated carbocycles. The second-order valence-corrected chi connectivity index (χ2v) is 5.75. The monoisotopic (exact) mass is 262 g/mol. The van der Waals surface area contributed by atoms with Crippen LogP contribution >= 0.6 is 0 Å². The average Bonchev–Trinajstić information content (AvgIpc) is 2.44. The van der Waals surface area contributed by atoms with Gasteiger partial charge in [-0.15, -0.1) is 0 Å². The lowest BCUT2D eigenvalue weighted by Crippen LogP contribution is -2.42. The SMILES string of the molecule is CN1CCCC(CNC(CO)Cc2ccccc2)C1. The third-order valence-electron chi connectivity index (χ3n) is 3.96. The van der Waals surface area contributed by atoms with E-state index in [9.17, 15) is 5.11 Å². The number of nitrogens with zero attached hydrogens (tertiary/aromatic N) is 1. The van der Waals surface area contributed by atoms with Gasteiger partial charge in [0.2, 0.25) is 0 Å². The second-order valence-electron chi connectivity index (χ2n) is 5.75. The van der Waals surface area contributed by atoms with Gasteiger partial charge in [0, 0.05) is 12.6 Å². The Kier molecular flexibility index (Phi) is 5.83. The molecule has 1 saturated heterocycles. The van der Waals surface area contributed by atoms with Crippen molar-refractivity contribution in [3.8, 4) is 0 Å². The van der Waals surface area contributed by atoms with Crippen LogP contribution < -0.4 is 5.32 Å². The average molecular weight is 262 g/mol. The molecule has 3 heteroatoms. The first-order valence-electron chi connectivity index (χ1n) is 7.34. The Morgan fingerprint density at radius 3 is 2.84 bits per heavy atom. The summed E-state index contributed by atoms with van der Waals surface area (Å²) in [6, 6.07) is 10.6. The molecule has 1 aromatic rings. The number of likely N-dealkylation sites (tertiary alicyclic amines) is 1. The Hall–Kier alpha value is -0.900. The van der Waals surface area contributed by atoms with E-state index in [1.54, 1.807) is 0 Å². The highest BCUT2D eigenvalue weighted by atomic mass is 16.3. The third kappa shape index (κ3) is 4.94. The summed E-state index contributed by atoms with van der Waals surface area (Å²) in [5.41, 5.74) is 1.29. The first kappa shape index (κ1) is 14.5. The Bertz CT molecular complexity index is 355. The van der Waals surface area contributed by atoms with E-state index in [1.807, 2.05) is 6.07 Å². The van der Waals surface area contributed by atoms with E-state index in [1.165, 1.54) is 31.5 Å². The van der Waals surface area contributed by atoms with Gasteiger partial charge >= 0.3 is 0 Å². The smallest absolute Gasteiger partial charge is 0.0587 e. The summed E-state index contributed by atoms with van der Waals surface area (Å²) in [5.74, 6) is 0.726. The molecule has 0 aliphatic carbocycles. The second kappa shape index (κ2) is 7.63. The maximum absolute atomic E-state index is 9.50. The fourth-order valence-corrected chi connectivity index (χ4v) is 2.87. The Morgan fingerprint density at radius 2 is 2.16 bits per heavy atom. The van der Waals surface area contributed by atoms with Crippen molar-refractivity contribution >= 4 is 0 Å². The summed E-state index contributed by atoms with van der Waals surface area (Å²) in [7, 11) is 2.19. The van der Waals surface area contributed by atoms with Crippen LogP contribution in [-0.4, -0.2) is 49.3 Å². The minimum absolute atomic E-state index is 0.176. The van der Waals surface area contributed by atoms with Crippen LogP contribution in [0.2, 0.25) is 0 Å². The third-order valence-corrected chi connectivity index (χ3v) is 3.96. The van der Waals surface area contributed by atoms with E-state index in [4.69, 9.17) is 0 Å². The van der Waals surface area contributed by atoms with Crippen molar-refractivity contribution in [1.82, 2.24) is 10.2 Å². The quantitative estimate of drug-likeness (QED) is 0.816. The normalized spacial score (nSPS) is 22.3. The number of rotatable bonds is 6. The van der Waals surface area contributed by atoms with E-state index in [2.05, 4.69) is 41.5 Å².